The smallest absolute Gasteiger partial charge is 0.336 e. The second-order valence-electron chi connectivity index (χ2n) is 8.02. The molecule has 3 rings (SSSR count). The molecular weight excluding hydrogens is 456 g/mol. The van der Waals surface area contributed by atoms with Crippen molar-refractivity contribution in [1.82, 2.24) is 5.32 Å². The molecule has 3 atom stereocenters. The number of carbonyl (C=O) groups is 2. The molecule has 0 spiro atoms. The van der Waals surface area contributed by atoms with Gasteiger partial charge >= 0.3 is 11.9 Å². The summed E-state index contributed by atoms with van der Waals surface area (Å²) < 4.78 is 10.8. The SMILES string of the molecule is CCOC(=O)C1=C(COCCN)NC(C)C(C)(C(=O)O)C1c1ccccc1Cl.c1ccccc1. The molecule has 184 valence electrons. The largest absolute Gasteiger partial charge is 0.481 e. The molecule has 1 aliphatic rings. The summed E-state index contributed by atoms with van der Waals surface area (Å²) in [5, 5.41) is 13.6. The van der Waals surface area contributed by atoms with Crippen LogP contribution in [0.1, 0.15) is 32.3 Å². The lowest BCUT2D eigenvalue weighted by atomic mass is 9.63. The highest BCUT2D eigenvalue weighted by atomic mass is 35.5. The Labute approximate surface area is 205 Å². The lowest BCUT2D eigenvalue weighted by Gasteiger charge is -2.45. The highest BCUT2D eigenvalue weighted by molar-refractivity contribution is 6.31. The third-order valence-electron chi connectivity index (χ3n) is 5.85. The van der Waals surface area contributed by atoms with Crippen LogP contribution in [0.2, 0.25) is 5.02 Å². The zero-order chi connectivity index (χ0) is 25.1. The van der Waals surface area contributed by atoms with Crippen molar-refractivity contribution in [3.05, 3.63) is 82.5 Å². The molecular formula is C26H33ClN2O5. The molecule has 0 aliphatic carbocycles. The first kappa shape index (κ1) is 27.4. The van der Waals surface area contributed by atoms with Crippen molar-refractivity contribution in [2.75, 3.05) is 26.4 Å². The van der Waals surface area contributed by atoms with Crippen molar-refractivity contribution in [1.29, 1.82) is 0 Å². The Morgan fingerprint density at radius 2 is 1.71 bits per heavy atom. The summed E-state index contributed by atoms with van der Waals surface area (Å²) in [6.45, 7) is 5.96. The summed E-state index contributed by atoms with van der Waals surface area (Å²) in [6.07, 6.45) is 0. The van der Waals surface area contributed by atoms with Crippen molar-refractivity contribution in [2.45, 2.75) is 32.7 Å². The van der Waals surface area contributed by atoms with Crippen LogP contribution in [0, 0.1) is 5.41 Å². The van der Waals surface area contributed by atoms with Crippen LogP contribution in [-0.4, -0.2) is 49.5 Å². The van der Waals surface area contributed by atoms with Crippen molar-refractivity contribution in [3.8, 4) is 0 Å². The average molecular weight is 489 g/mol. The van der Waals surface area contributed by atoms with Gasteiger partial charge in [0.05, 0.1) is 30.8 Å². The Morgan fingerprint density at radius 3 is 2.21 bits per heavy atom. The normalized spacial score (nSPS) is 21.7. The van der Waals surface area contributed by atoms with Gasteiger partial charge in [-0.25, -0.2) is 4.79 Å². The zero-order valence-corrected chi connectivity index (χ0v) is 20.5. The van der Waals surface area contributed by atoms with Crippen LogP contribution >= 0.6 is 11.6 Å². The number of ether oxygens (including phenoxy) is 2. The molecule has 1 heterocycles. The van der Waals surface area contributed by atoms with E-state index in [-0.39, 0.29) is 18.8 Å². The lowest BCUT2D eigenvalue weighted by molar-refractivity contribution is -0.152. The van der Waals surface area contributed by atoms with Crippen LogP contribution in [0.5, 0.6) is 0 Å². The average Bonchev–Trinajstić information content (AvgIpc) is 2.83. The second kappa shape index (κ2) is 13.1. The minimum Gasteiger partial charge on any atom is -0.481 e. The van der Waals surface area contributed by atoms with Crippen molar-refractivity contribution >= 4 is 23.5 Å². The number of carboxylic acids is 1. The van der Waals surface area contributed by atoms with Crippen LogP contribution < -0.4 is 11.1 Å². The molecule has 1 aliphatic heterocycles. The van der Waals surface area contributed by atoms with Gasteiger partial charge in [0.15, 0.2) is 0 Å². The van der Waals surface area contributed by atoms with Crippen LogP contribution in [0.15, 0.2) is 71.9 Å². The minimum atomic E-state index is -1.34. The van der Waals surface area contributed by atoms with Gasteiger partial charge in [0.25, 0.3) is 0 Å². The van der Waals surface area contributed by atoms with Crippen LogP contribution in [0.4, 0.5) is 0 Å². The van der Waals surface area contributed by atoms with Gasteiger partial charge in [0, 0.05) is 29.2 Å². The molecule has 34 heavy (non-hydrogen) atoms. The Balaban J connectivity index is 0.000000589. The van der Waals surface area contributed by atoms with Gasteiger partial charge in [-0.05, 0) is 32.4 Å². The highest BCUT2D eigenvalue weighted by Gasteiger charge is 2.54. The zero-order valence-electron chi connectivity index (χ0n) is 19.8. The van der Waals surface area contributed by atoms with Gasteiger partial charge in [0.2, 0.25) is 0 Å². The molecule has 4 N–H and O–H groups in total. The van der Waals surface area contributed by atoms with Gasteiger partial charge in [-0.3, -0.25) is 4.79 Å². The van der Waals surface area contributed by atoms with E-state index >= 15 is 0 Å². The number of rotatable bonds is 8. The monoisotopic (exact) mass is 488 g/mol. The van der Waals surface area contributed by atoms with E-state index in [9.17, 15) is 14.7 Å². The van der Waals surface area contributed by atoms with E-state index < -0.39 is 29.3 Å². The number of esters is 1. The molecule has 0 saturated heterocycles. The number of nitrogens with one attached hydrogen (secondary N) is 1. The van der Waals surface area contributed by atoms with E-state index in [1.807, 2.05) is 36.4 Å². The first-order valence-corrected chi connectivity index (χ1v) is 11.6. The second-order valence-corrected chi connectivity index (χ2v) is 8.42. The van der Waals surface area contributed by atoms with Crippen LogP contribution in [0.3, 0.4) is 0 Å². The van der Waals surface area contributed by atoms with E-state index in [2.05, 4.69) is 5.32 Å². The Hall–Kier alpha value is -2.87. The fraction of sp³-hybridized carbons (Fsp3) is 0.385. The van der Waals surface area contributed by atoms with Gasteiger partial charge in [0.1, 0.15) is 0 Å². The fourth-order valence-corrected chi connectivity index (χ4v) is 4.17. The quantitative estimate of drug-likeness (QED) is 0.380. The van der Waals surface area contributed by atoms with Crippen molar-refractivity contribution in [2.24, 2.45) is 11.1 Å². The highest BCUT2D eigenvalue weighted by Crippen LogP contribution is 2.49. The molecule has 0 bridgehead atoms. The lowest BCUT2D eigenvalue weighted by Crippen LogP contribution is -2.56. The molecule has 3 unspecified atom stereocenters. The van der Waals surface area contributed by atoms with E-state index in [0.29, 0.717) is 29.4 Å². The number of hydrogen-bond donors (Lipinski definition) is 3. The third kappa shape index (κ3) is 6.38. The molecule has 0 saturated carbocycles. The maximum Gasteiger partial charge on any atom is 0.336 e. The molecule has 2 aromatic carbocycles. The first-order chi connectivity index (χ1) is 16.3. The Bertz CT molecular complexity index is 955. The van der Waals surface area contributed by atoms with Crippen LogP contribution in [-0.2, 0) is 19.1 Å². The first-order valence-electron chi connectivity index (χ1n) is 11.2. The molecule has 7 nitrogen and oxygen atoms in total. The number of hydrogen-bond acceptors (Lipinski definition) is 6. The fourth-order valence-electron chi connectivity index (χ4n) is 3.92. The predicted molar refractivity (Wildman–Crippen MR) is 133 cm³/mol. The van der Waals surface area contributed by atoms with Crippen LogP contribution in [0.25, 0.3) is 0 Å². The number of halogens is 1. The van der Waals surface area contributed by atoms with Gasteiger partial charge in [-0.2, -0.15) is 0 Å². The number of carboxylic acid groups (broad SMARTS) is 1. The maximum absolute atomic E-state index is 12.9. The van der Waals surface area contributed by atoms with Crippen molar-refractivity contribution in [3.63, 3.8) is 0 Å². The van der Waals surface area contributed by atoms with E-state index in [0.717, 1.165) is 0 Å². The van der Waals surface area contributed by atoms with E-state index in [1.54, 1.807) is 45.0 Å². The predicted octanol–water partition coefficient (Wildman–Crippen LogP) is 3.99. The molecule has 2 aromatic rings. The molecule has 0 aromatic heterocycles. The molecule has 0 fully saturated rings. The number of aliphatic carboxylic acids is 1. The topological polar surface area (TPSA) is 111 Å². The standard InChI is InChI=1S/C20H27ClN2O5.C6H6/c1-4-28-18(24)16-15(11-27-10-9-22)23-12(2)20(3,19(25)26)17(16)13-7-5-6-8-14(13)21;1-2-4-6-5-3-1/h5-8,12,17,23H,4,9-11,22H2,1-3H3,(H,25,26);1-6H. The Morgan fingerprint density at radius 1 is 1.12 bits per heavy atom. The van der Waals surface area contributed by atoms with Gasteiger partial charge in [-0.15, -0.1) is 0 Å². The number of nitrogens with two attached hydrogens (primary N) is 1. The molecule has 0 amide bonds. The Kier molecular flexibility index (Phi) is 10.6. The van der Waals surface area contributed by atoms with Gasteiger partial charge < -0.3 is 25.6 Å². The summed E-state index contributed by atoms with van der Waals surface area (Å²) in [5.41, 5.74) is 5.41. The molecule has 8 heteroatoms. The summed E-state index contributed by atoms with van der Waals surface area (Å²) >= 11 is 6.42. The summed E-state index contributed by atoms with van der Waals surface area (Å²) in [4.78, 5) is 25.3. The third-order valence-corrected chi connectivity index (χ3v) is 6.20. The van der Waals surface area contributed by atoms with Gasteiger partial charge in [-0.1, -0.05) is 66.2 Å². The number of benzene rings is 2. The minimum absolute atomic E-state index is 0.0896. The summed E-state index contributed by atoms with van der Waals surface area (Å²) in [6, 6.07) is 18.4. The number of carbonyl (C=O) groups excluding carboxylic acids is 1. The maximum atomic E-state index is 12.9. The van der Waals surface area contributed by atoms with Crippen molar-refractivity contribution < 1.29 is 24.2 Å². The van der Waals surface area contributed by atoms with E-state index in [4.69, 9.17) is 26.8 Å². The molecule has 0 radical (unpaired) electrons. The summed E-state index contributed by atoms with van der Waals surface area (Å²) in [5.74, 6) is -2.45. The summed E-state index contributed by atoms with van der Waals surface area (Å²) in [7, 11) is 0. The van der Waals surface area contributed by atoms with E-state index in [1.165, 1.54) is 0 Å².